The van der Waals surface area contributed by atoms with Crippen LogP contribution in [0.5, 0.6) is 0 Å². The Morgan fingerprint density at radius 3 is 2.64 bits per heavy atom. The average molecular weight is 318 g/mol. The first-order valence-electron chi connectivity index (χ1n) is 7.34. The largest absolute Gasteiger partial charge is 0.460 e. The first kappa shape index (κ1) is 16.4. The van der Waals surface area contributed by atoms with Gasteiger partial charge in [0.25, 0.3) is 0 Å². The first-order valence-corrected chi connectivity index (χ1v) is 7.72. The molecule has 0 heterocycles. The minimum atomic E-state index is -0.345. The lowest BCUT2D eigenvalue weighted by Gasteiger charge is -2.23. The molecule has 0 amide bonds. The molecule has 0 aliphatic rings. The molecular weight excluding hydrogens is 298 g/mol. The number of likely N-dealkylation sites (N-methyl/N-ethyl adjacent to an activating group) is 1. The predicted octanol–water partition coefficient (Wildman–Crippen LogP) is 4.33. The quantitative estimate of drug-likeness (QED) is 0.743. The van der Waals surface area contributed by atoms with Crippen LogP contribution < -0.4 is 4.90 Å². The molecule has 0 aliphatic carbocycles. The Balaban J connectivity index is 1.90. The van der Waals surface area contributed by atoms with E-state index < -0.39 is 0 Å². The van der Waals surface area contributed by atoms with Crippen molar-refractivity contribution in [1.82, 2.24) is 0 Å². The monoisotopic (exact) mass is 317 g/mol. The van der Waals surface area contributed by atoms with Gasteiger partial charge in [-0.3, -0.25) is 0 Å². The maximum atomic E-state index is 12.0. The Bertz CT molecular complexity index is 642. The lowest BCUT2D eigenvalue weighted by Crippen LogP contribution is -2.28. The van der Waals surface area contributed by atoms with Crippen LogP contribution in [-0.4, -0.2) is 25.7 Å². The fourth-order valence-electron chi connectivity index (χ4n) is 2.24. The number of benzene rings is 2. The number of halogens is 1. The van der Waals surface area contributed by atoms with Crippen molar-refractivity contribution in [1.29, 1.82) is 0 Å². The Morgan fingerprint density at radius 2 is 1.95 bits per heavy atom. The molecule has 22 heavy (non-hydrogen) atoms. The van der Waals surface area contributed by atoms with Gasteiger partial charge in [0, 0.05) is 17.3 Å². The van der Waals surface area contributed by atoms with Gasteiger partial charge in [0.05, 0.1) is 12.1 Å². The molecule has 0 saturated carbocycles. The van der Waals surface area contributed by atoms with Crippen molar-refractivity contribution < 1.29 is 9.53 Å². The van der Waals surface area contributed by atoms with Gasteiger partial charge in [-0.25, -0.2) is 4.79 Å². The maximum Gasteiger partial charge on any atom is 0.338 e. The zero-order valence-electron chi connectivity index (χ0n) is 12.9. The molecule has 0 atom stereocenters. The van der Waals surface area contributed by atoms with Crippen LogP contribution in [0.25, 0.3) is 0 Å². The summed E-state index contributed by atoms with van der Waals surface area (Å²) in [5.74, 6) is -0.345. The molecule has 0 spiro atoms. The Morgan fingerprint density at radius 1 is 1.18 bits per heavy atom. The summed E-state index contributed by atoms with van der Waals surface area (Å²) in [4.78, 5) is 14.1. The second-order valence-electron chi connectivity index (χ2n) is 5.06. The molecule has 2 rings (SSSR count). The van der Waals surface area contributed by atoms with Gasteiger partial charge in [0.1, 0.15) is 6.61 Å². The van der Waals surface area contributed by atoms with Gasteiger partial charge in [-0.15, -0.1) is 0 Å². The summed E-state index contributed by atoms with van der Waals surface area (Å²) in [6.07, 6.45) is 0. The van der Waals surface area contributed by atoms with Crippen LogP contribution in [0.2, 0.25) is 5.02 Å². The summed E-state index contributed by atoms with van der Waals surface area (Å²) in [5.41, 5.74) is 2.83. The minimum absolute atomic E-state index is 0.340. The predicted molar refractivity (Wildman–Crippen MR) is 90.8 cm³/mol. The highest BCUT2D eigenvalue weighted by atomic mass is 35.5. The van der Waals surface area contributed by atoms with Crippen LogP contribution in [0.4, 0.5) is 5.69 Å². The molecule has 3 nitrogen and oxygen atoms in total. The van der Waals surface area contributed by atoms with E-state index in [2.05, 4.69) is 36.9 Å². The summed E-state index contributed by atoms with van der Waals surface area (Å²) in [5, 5.41) is 0.532. The normalized spacial score (nSPS) is 10.3. The number of nitrogens with zero attached hydrogens (tertiary/aromatic N) is 1. The average Bonchev–Trinajstić information content (AvgIpc) is 2.51. The highest BCUT2D eigenvalue weighted by molar-refractivity contribution is 6.30. The zero-order chi connectivity index (χ0) is 15.9. The molecule has 0 bridgehead atoms. The van der Waals surface area contributed by atoms with Crippen molar-refractivity contribution in [3.05, 3.63) is 64.7 Å². The molecule has 2 aromatic rings. The number of aryl methyl sites for hydroxylation is 1. The molecule has 2 aromatic carbocycles. The molecule has 116 valence electrons. The fourth-order valence-corrected chi connectivity index (χ4v) is 2.43. The zero-order valence-corrected chi connectivity index (χ0v) is 13.6. The van der Waals surface area contributed by atoms with Crippen LogP contribution >= 0.6 is 11.6 Å². The van der Waals surface area contributed by atoms with Gasteiger partial charge >= 0.3 is 5.97 Å². The van der Waals surface area contributed by atoms with Crippen LogP contribution in [0.15, 0.2) is 48.5 Å². The van der Waals surface area contributed by atoms with Crippen molar-refractivity contribution in [2.45, 2.75) is 13.8 Å². The highest BCUT2D eigenvalue weighted by Gasteiger charge is 2.09. The van der Waals surface area contributed by atoms with Gasteiger partial charge in [-0.05, 0) is 49.7 Å². The molecule has 0 saturated heterocycles. The molecular formula is C18H20ClNO2. The Labute approximate surface area is 136 Å². The second-order valence-corrected chi connectivity index (χ2v) is 5.50. The number of rotatable bonds is 6. The summed E-state index contributed by atoms with van der Waals surface area (Å²) < 4.78 is 5.33. The van der Waals surface area contributed by atoms with E-state index in [1.54, 1.807) is 24.3 Å². The number of carbonyl (C=O) groups excluding carboxylic acids is 1. The summed E-state index contributed by atoms with van der Waals surface area (Å²) >= 11 is 5.87. The van der Waals surface area contributed by atoms with Crippen molar-refractivity contribution >= 4 is 23.3 Å². The van der Waals surface area contributed by atoms with E-state index in [1.165, 1.54) is 5.56 Å². The van der Waals surface area contributed by atoms with E-state index in [1.807, 2.05) is 6.07 Å². The Hall–Kier alpha value is -2.00. The van der Waals surface area contributed by atoms with Crippen LogP contribution in [0.3, 0.4) is 0 Å². The molecule has 0 aliphatic heterocycles. The summed E-state index contributed by atoms with van der Waals surface area (Å²) in [6.45, 7) is 6.01. The standard InChI is InChI=1S/C18H20ClNO2/c1-3-20(17-9-4-6-14(2)12-17)10-11-22-18(21)15-7-5-8-16(19)13-15/h4-9,12-13H,3,10-11H2,1-2H3. The van der Waals surface area contributed by atoms with E-state index in [0.717, 1.165) is 12.2 Å². The van der Waals surface area contributed by atoms with Crippen LogP contribution in [0, 0.1) is 6.92 Å². The van der Waals surface area contributed by atoms with E-state index in [4.69, 9.17) is 16.3 Å². The fraction of sp³-hybridized carbons (Fsp3) is 0.278. The Kier molecular flexibility index (Phi) is 5.84. The van der Waals surface area contributed by atoms with E-state index in [-0.39, 0.29) is 5.97 Å². The number of anilines is 1. The maximum absolute atomic E-state index is 12.0. The molecule has 4 heteroatoms. The molecule has 0 aromatic heterocycles. The SMILES string of the molecule is CCN(CCOC(=O)c1cccc(Cl)c1)c1cccc(C)c1. The van der Waals surface area contributed by atoms with Gasteiger partial charge in [0.15, 0.2) is 0 Å². The van der Waals surface area contributed by atoms with Gasteiger partial charge < -0.3 is 9.64 Å². The lowest BCUT2D eigenvalue weighted by atomic mass is 10.2. The van der Waals surface area contributed by atoms with Crippen molar-refractivity contribution in [2.24, 2.45) is 0 Å². The van der Waals surface area contributed by atoms with Crippen molar-refractivity contribution in [3.63, 3.8) is 0 Å². The molecule has 0 fully saturated rings. The number of ether oxygens (including phenoxy) is 1. The van der Waals surface area contributed by atoms with Crippen LogP contribution in [-0.2, 0) is 4.74 Å². The third-order valence-electron chi connectivity index (χ3n) is 3.40. The van der Waals surface area contributed by atoms with Gasteiger partial charge in [-0.1, -0.05) is 29.8 Å². The number of esters is 1. The van der Waals surface area contributed by atoms with E-state index in [9.17, 15) is 4.79 Å². The van der Waals surface area contributed by atoms with Crippen LogP contribution in [0.1, 0.15) is 22.8 Å². The molecule has 0 radical (unpaired) electrons. The number of hydrogen-bond donors (Lipinski definition) is 0. The lowest BCUT2D eigenvalue weighted by molar-refractivity contribution is 0.0515. The molecule has 0 unspecified atom stereocenters. The second kappa shape index (κ2) is 7.85. The summed E-state index contributed by atoms with van der Waals surface area (Å²) in [6, 6.07) is 15.1. The highest BCUT2D eigenvalue weighted by Crippen LogP contribution is 2.16. The van der Waals surface area contributed by atoms with Gasteiger partial charge in [0.2, 0.25) is 0 Å². The third-order valence-corrected chi connectivity index (χ3v) is 3.64. The number of carbonyl (C=O) groups is 1. The van der Waals surface area contributed by atoms with Gasteiger partial charge in [-0.2, -0.15) is 0 Å². The minimum Gasteiger partial charge on any atom is -0.460 e. The summed E-state index contributed by atoms with van der Waals surface area (Å²) in [7, 11) is 0. The van der Waals surface area contributed by atoms with Crippen molar-refractivity contribution in [2.75, 3.05) is 24.6 Å². The molecule has 0 N–H and O–H groups in total. The number of hydrogen-bond acceptors (Lipinski definition) is 3. The van der Waals surface area contributed by atoms with E-state index >= 15 is 0 Å². The smallest absolute Gasteiger partial charge is 0.338 e. The first-order chi connectivity index (χ1) is 10.6. The third kappa shape index (κ3) is 4.50. The van der Waals surface area contributed by atoms with Crippen molar-refractivity contribution in [3.8, 4) is 0 Å². The van der Waals surface area contributed by atoms with E-state index in [0.29, 0.717) is 23.7 Å². The topological polar surface area (TPSA) is 29.5 Å².